The van der Waals surface area contributed by atoms with Gasteiger partial charge in [0.05, 0.1) is 17.8 Å². The van der Waals surface area contributed by atoms with E-state index < -0.39 is 5.82 Å². The lowest BCUT2D eigenvalue weighted by Gasteiger charge is -2.32. The molecule has 1 aliphatic heterocycles. The van der Waals surface area contributed by atoms with Gasteiger partial charge in [-0.2, -0.15) is 4.98 Å². The molecule has 32 heavy (non-hydrogen) atoms. The van der Waals surface area contributed by atoms with Crippen LogP contribution >= 0.6 is 11.6 Å². The minimum Gasteiger partial charge on any atom is -0.336 e. The first-order valence-corrected chi connectivity index (χ1v) is 10.5. The third kappa shape index (κ3) is 3.99. The highest BCUT2D eigenvalue weighted by Gasteiger charge is 2.28. The van der Waals surface area contributed by atoms with E-state index in [4.69, 9.17) is 16.1 Å². The molecule has 1 atom stereocenters. The van der Waals surface area contributed by atoms with Gasteiger partial charge in [-0.3, -0.25) is 4.79 Å². The second-order valence-electron chi connectivity index (χ2n) is 7.54. The van der Waals surface area contributed by atoms with Gasteiger partial charge in [0.25, 0.3) is 11.8 Å². The molecule has 10 heteroatoms. The molecule has 1 unspecified atom stereocenters. The van der Waals surface area contributed by atoms with Gasteiger partial charge in [-0.25, -0.2) is 9.07 Å². The number of amides is 1. The summed E-state index contributed by atoms with van der Waals surface area (Å²) in [6.07, 6.45) is 3.29. The predicted octanol–water partition coefficient (Wildman–Crippen LogP) is 4.26. The summed E-state index contributed by atoms with van der Waals surface area (Å²) in [7, 11) is 0. The summed E-state index contributed by atoms with van der Waals surface area (Å²) in [6, 6.07) is 13.4. The fourth-order valence-electron chi connectivity index (χ4n) is 3.77. The molecular weight excluding hydrogens is 435 g/mol. The number of likely N-dealkylation sites (tertiary alicyclic amines) is 1. The number of hydrogen-bond donors (Lipinski definition) is 0. The second-order valence-corrected chi connectivity index (χ2v) is 7.98. The Bertz CT molecular complexity index is 1260. The van der Waals surface area contributed by atoms with Crippen molar-refractivity contribution < 1.29 is 13.7 Å². The first kappa shape index (κ1) is 20.3. The quantitative estimate of drug-likeness (QED) is 0.459. The maximum Gasteiger partial charge on any atom is 0.280 e. The highest BCUT2D eigenvalue weighted by Crippen LogP contribution is 2.26. The maximum absolute atomic E-state index is 14.2. The molecule has 3 heterocycles. The molecule has 8 nitrogen and oxygen atoms in total. The van der Waals surface area contributed by atoms with E-state index in [1.165, 1.54) is 18.2 Å². The molecule has 2 aromatic heterocycles. The van der Waals surface area contributed by atoms with E-state index in [9.17, 15) is 9.18 Å². The Labute approximate surface area is 187 Å². The lowest BCUT2D eigenvalue weighted by molar-refractivity contribution is 0.0667. The molecule has 0 aliphatic carbocycles. The van der Waals surface area contributed by atoms with E-state index >= 15 is 0 Å². The molecule has 0 spiro atoms. The first-order valence-electron chi connectivity index (χ1n) is 10.1. The fraction of sp³-hybridized carbons (Fsp3) is 0.227. The van der Waals surface area contributed by atoms with Crippen LogP contribution in [-0.2, 0) is 0 Å². The third-order valence-electron chi connectivity index (χ3n) is 5.40. The fourth-order valence-corrected chi connectivity index (χ4v) is 3.94. The monoisotopic (exact) mass is 452 g/mol. The van der Waals surface area contributed by atoms with Crippen molar-refractivity contribution in [1.29, 1.82) is 0 Å². The van der Waals surface area contributed by atoms with Crippen LogP contribution in [0.3, 0.4) is 0 Å². The van der Waals surface area contributed by atoms with E-state index in [1.54, 1.807) is 15.8 Å². The SMILES string of the molecule is O=C(c1cc(Cl)ccc1F)N1CCCC(n2cc(-c3nc(-c4ccccc4)no3)nn2)C1. The molecular formula is C22H18ClFN6O2. The number of carbonyl (C=O) groups excluding carboxylic acids is 1. The van der Waals surface area contributed by atoms with Crippen molar-refractivity contribution in [2.45, 2.75) is 18.9 Å². The van der Waals surface area contributed by atoms with Crippen LogP contribution in [0, 0.1) is 5.82 Å². The van der Waals surface area contributed by atoms with Crippen LogP contribution in [0.4, 0.5) is 4.39 Å². The van der Waals surface area contributed by atoms with Crippen molar-refractivity contribution in [2.75, 3.05) is 13.1 Å². The van der Waals surface area contributed by atoms with Crippen LogP contribution in [0.1, 0.15) is 29.2 Å². The van der Waals surface area contributed by atoms with Crippen molar-refractivity contribution in [2.24, 2.45) is 0 Å². The zero-order valence-electron chi connectivity index (χ0n) is 16.9. The zero-order chi connectivity index (χ0) is 22.1. The molecule has 0 bridgehead atoms. The lowest BCUT2D eigenvalue weighted by Crippen LogP contribution is -2.41. The smallest absolute Gasteiger partial charge is 0.280 e. The van der Waals surface area contributed by atoms with Gasteiger partial charge in [0, 0.05) is 23.7 Å². The summed E-state index contributed by atoms with van der Waals surface area (Å²) in [4.78, 5) is 18.9. The van der Waals surface area contributed by atoms with E-state index in [-0.39, 0.29) is 23.4 Å². The molecule has 162 valence electrons. The van der Waals surface area contributed by atoms with Gasteiger partial charge in [-0.15, -0.1) is 5.10 Å². The predicted molar refractivity (Wildman–Crippen MR) is 114 cm³/mol. The average molecular weight is 453 g/mol. The summed E-state index contributed by atoms with van der Waals surface area (Å²) in [6.45, 7) is 0.916. The molecule has 0 N–H and O–H groups in total. The highest BCUT2D eigenvalue weighted by molar-refractivity contribution is 6.31. The Balaban J connectivity index is 1.33. The Morgan fingerprint density at radius 2 is 2.03 bits per heavy atom. The number of benzene rings is 2. The van der Waals surface area contributed by atoms with Gasteiger partial charge in [-0.05, 0) is 31.0 Å². The Kier molecular flexibility index (Phi) is 5.40. The number of piperidine rings is 1. The first-order chi connectivity index (χ1) is 15.6. The summed E-state index contributed by atoms with van der Waals surface area (Å²) in [5, 5.41) is 12.7. The molecule has 4 aromatic rings. The van der Waals surface area contributed by atoms with Gasteiger partial charge >= 0.3 is 0 Å². The summed E-state index contributed by atoms with van der Waals surface area (Å²) >= 11 is 5.95. The number of aromatic nitrogens is 5. The standard InChI is InChI=1S/C22H18ClFN6O2/c23-15-8-9-18(24)17(11-15)22(31)29-10-4-7-16(12-29)30-13-19(26-28-30)21-25-20(27-32-21)14-5-2-1-3-6-14/h1-3,5-6,8-9,11,13,16H,4,7,10,12H2. The highest BCUT2D eigenvalue weighted by atomic mass is 35.5. The van der Waals surface area contributed by atoms with Crippen LogP contribution in [-0.4, -0.2) is 49.0 Å². The third-order valence-corrected chi connectivity index (χ3v) is 5.64. The molecule has 5 rings (SSSR count). The second kappa shape index (κ2) is 8.51. The Morgan fingerprint density at radius 3 is 2.88 bits per heavy atom. The van der Waals surface area contributed by atoms with Gasteiger partial charge in [-0.1, -0.05) is 52.3 Å². The van der Waals surface area contributed by atoms with E-state index in [0.29, 0.717) is 29.6 Å². The average Bonchev–Trinajstić information content (AvgIpc) is 3.51. The molecule has 1 aliphatic rings. The van der Waals surface area contributed by atoms with Gasteiger partial charge in [0.2, 0.25) is 5.82 Å². The summed E-state index contributed by atoms with van der Waals surface area (Å²) in [5.41, 5.74) is 1.25. The van der Waals surface area contributed by atoms with Crippen molar-refractivity contribution >= 4 is 17.5 Å². The number of carbonyl (C=O) groups is 1. The van der Waals surface area contributed by atoms with Gasteiger partial charge in [0.1, 0.15) is 5.82 Å². The number of nitrogens with zero attached hydrogens (tertiary/aromatic N) is 6. The number of hydrogen-bond acceptors (Lipinski definition) is 6. The number of halogens is 2. The van der Waals surface area contributed by atoms with Crippen molar-refractivity contribution in [3.63, 3.8) is 0 Å². The van der Waals surface area contributed by atoms with E-state index in [1.807, 2.05) is 30.3 Å². The van der Waals surface area contributed by atoms with Crippen LogP contribution in [0.5, 0.6) is 0 Å². The van der Waals surface area contributed by atoms with Crippen LogP contribution < -0.4 is 0 Å². The molecule has 0 saturated carbocycles. The minimum atomic E-state index is -0.588. The number of rotatable bonds is 4. The molecule has 1 amide bonds. The van der Waals surface area contributed by atoms with Gasteiger partial charge < -0.3 is 9.42 Å². The zero-order valence-corrected chi connectivity index (χ0v) is 17.6. The largest absolute Gasteiger partial charge is 0.336 e. The Hall–Kier alpha value is -3.59. The van der Waals surface area contributed by atoms with Crippen LogP contribution in [0.2, 0.25) is 5.02 Å². The van der Waals surface area contributed by atoms with E-state index in [2.05, 4.69) is 20.5 Å². The van der Waals surface area contributed by atoms with Gasteiger partial charge in [0.15, 0.2) is 5.69 Å². The minimum absolute atomic E-state index is 0.0308. The summed E-state index contributed by atoms with van der Waals surface area (Å²) in [5.74, 6) is -0.248. The van der Waals surface area contributed by atoms with Crippen LogP contribution in [0.15, 0.2) is 59.3 Å². The molecule has 1 saturated heterocycles. The van der Waals surface area contributed by atoms with Crippen LogP contribution in [0.25, 0.3) is 23.0 Å². The van der Waals surface area contributed by atoms with Crippen molar-refractivity contribution in [1.82, 2.24) is 30.0 Å². The topological polar surface area (TPSA) is 89.9 Å². The van der Waals surface area contributed by atoms with Crippen molar-refractivity contribution in [3.05, 3.63) is 71.1 Å². The van der Waals surface area contributed by atoms with Crippen molar-refractivity contribution in [3.8, 4) is 23.0 Å². The van der Waals surface area contributed by atoms with E-state index in [0.717, 1.165) is 18.4 Å². The summed E-state index contributed by atoms with van der Waals surface area (Å²) < 4.78 is 21.2. The maximum atomic E-state index is 14.2. The molecule has 1 fully saturated rings. The molecule has 0 radical (unpaired) electrons. The molecule has 2 aromatic carbocycles. The normalized spacial score (nSPS) is 16.3. The Morgan fingerprint density at radius 1 is 1.19 bits per heavy atom. The lowest BCUT2D eigenvalue weighted by atomic mass is 10.0.